The van der Waals surface area contributed by atoms with Crippen molar-refractivity contribution in [2.24, 2.45) is 0 Å². The highest BCUT2D eigenvalue weighted by Crippen LogP contribution is 2.21. The molecule has 0 amide bonds. The van der Waals surface area contributed by atoms with Crippen LogP contribution in [0.4, 0.5) is 0 Å². The quantitative estimate of drug-likeness (QED) is 0.782. The van der Waals surface area contributed by atoms with Gasteiger partial charge >= 0.3 is 0 Å². The third-order valence-electron chi connectivity index (χ3n) is 2.79. The molecule has 0 fully saturated rings. The molecule has 0 aromatic carbocycles. The highest BCUT2D eigenvalue weighted by atomic mass is 79.9. The largest absolute Gasteiger partial charge is 0.316 e. The Hall–Kier alpha value is -0.390. The van der Waals surface area contributed by atoms with Gasteiger partial charge in [0.2, 0.25) is 0 Å². The molecule has 0 bridgehead atoms. The first-order valence-corrected chi connectivity index (χ1v) is 7.00. The van der Waals surface area contributed by atoms with Crippen molar-refractivity contribution in [3.8, 4) is 0 Å². The number of aryl methyl sites for hydroxylation is 2. The average Bonchev–Trinajstić information content (AvgIpc) is 2.57. The lowest BCUT2D eigenvalue weighted by Gasteiger charge is -2.17. The van der Waals surface area contributed by atoms with Gasteiger partial charge in [0.1, 0.15) is 0 Å². The van der Waals surface area contributed by atoms with Gasteiger partial charge in [0.25, 0.3) is 0 Å². The topological polar surface area (TPSA) is 33.1 Å². The van der Waals surface area contributed by atoms with Gasteiger partial charge in [-0.15, -0.1) is 0 Å². The van der Waals surface area contributed by atoms with Crippen molar-refractivity contribution in [2.45, 2.75) is 33.9 Å². The molecule has 5 heteroatoms. The summed E-state index contributed by atoms with van der Waals surface area (Å²) in [5, 5.41) is 7.84. The number of hydrogen-bond acceptors (Lipinski definition) is 3. The molecule has 0 atom stereocenters. The Kier molecular flexibility index (Phi) is 6.16. The summed E-state index contributed by atoms with van der Waals surface area (Å²) in [5.41, 5.74) is 2.34. The van der Waals surface area contributed by atoms with E-state index in [1.165, 1.54) is 5.69 Å². The fourth-order valence-corrected chi connectivity index (χ4v) is 2.21. The monoisotopic (exact) mass is 302 g/mol. The minimum Gasteiger partial charge on any atom is -0.316 e. The van der Waals surface area contributed by atoms with Crippen LogP contribution in [0.25, 0.3) is 0 Å². The van der Waals surface area contributed by atoms with Gasteiger partial charge in [-0.2, -0.15) is 5.10 Å². The van der Waals surface area contributed by atoms with Crippen LogP contribution in [0.1, 0.15) is 25.2 Å². The van der Waals surface area contributed by atoms with Crippen LogP contribution in [0, 0.1) is 6.92 Å². The number of hydrogen-bond donors (Lipinski definition) is 1. The van der Waals surface area contributed by atoms with Crippen LogP contribution in [0.2, 0.25) is 0 Å². The van der Waals surface area contributed by atoms with E-state index in [0.717, 1.165) is 42.9 Å². The zero-order valence-corrected chi connectivity index (χ0v) is 12.8. The molecular formula is C12H23BrN4. The minimum atomic E-state index is 0.919. The predicted molar refractivity (Wildman–Crippen MR) is 75.2 cm³/mol. The third-order valence-corrected chi connectivity index (χ3v) is 3.82. The second-order valence-electron chi connectivity index (χ2n) is 4.25. The van der Waals surface area contributed by atoms with E-state index in [1.807, 2.05) is 6.92 Å². The summed E-state index contributed by atoms with van der Waals surface area (Å²) in [6.45, 7) is 11.3. The maximum absolute atomic E-state index is 4.51. The van der Waals surface area contributed by atoms with E-state index in [1.54, 1.807) is 0 Å². The third kappa shape index (κ3) is 4.08. The molecule has 17 heavy (non-hydrogen) atoms. The molecule has 0 saturated heterocycles. The molecule has 0 saturated carbocycles. The van der Waals surface area contributed by atoms with E-state index in [0.29, 0.717) is 0 Å². The lowest BCUT2D eigenvalue weighted by Crippen LogP contribution is -2.29. The van der Waals surface area contributed by atoms with E-state index in [4.69, 9.17) is 0 Å². The molecule has 0 radical (unpaired) electrons. The van der Waals surface area contributed by atoms with E-state index in [-0.39, 0.29) is 0 Å². The lowest BCUT2D eigenvalue weighted by molar-refractivity contribution is 0.313. The smallest absolute Gasteiger partial charge is 0.0739 e. The van der Waals surface area contributed by atoms with Crippen LogP contribution in [-0.2, 0) is 13.1 Å². The Balaban J connectivity index is 2.60. The zero-order valence-electron chi connectivity index (χ0n) is 11.3. The highest BCUT2D eigenvalue weighted by Gasteiger charge is 2.13. The van der Waals surface area contributed by atoms with Gasteiger partial charge in [0.05, 0.1) is 15.9 Å². The molecule has 98 valence electrons. The van der Waals surface area contributed by atoms with Gasteiger partial charge in [0, 0.05) is 26.2 Å². The molecule has 1 heterocycles. The highest BCUT2D eigenvalue weighted by molar-refractivity contribution is 9.10. The molecule has 0 aliphatic heterocycles. The van der Waals surface area contributed by atoms with Crippen LogP contribution in [0.3, 0.4) is 0 Å². The SMILES string of the molecule is CCNCCN(C)Cc1c(Br)c(C)nn1CC. The fraction of sp³-hybridized carbons (Fsp3) is 0.750. The lowest BCUT2D eigenvalue weighted by atomic mass is 10.3. The summed E-state index contributed by atoms with van der Waals surface area (Å²) in [7, 11) is 2.14. The first kappa shape index (κ1) is 14.7. The van der Waals surface area contributed by atoms with Crippen LogP contribution in [0.15, 0.2) is 4.47 Å². The van der Waals surface area contributed by atoms with Crippen LogP contribution < -0.4 is 5.32 Å². The Bertz CT molecular complexity index is 349. The molecule has 1 N–H and O–H groups in total. The Labute approximate surface area is 113 Å². The molecule has 0 aliphatic carbocycles. The molecular weight excluding hydrogens is 280 g/mol. The Morgan fingerprint density at radius 1 is 1.41 bits per heavy atom. The van der Waals surface area contributed by atoms with E-state index < -0.39 is 0 Å². The Morgan fingerprint density at radius 3 is 2.71 bits per heavy atom. The van der Waals surface area contributed by atoms with Crippen molar-refractivity contribution in [3.63, 3.8) is 0 Å². The Morgan fingerprint density at radius 2 is 2.12 bits per heavy atom. The number of nitrogens with one attached hydrogen (secondary N) is 1. The van der Waals surface area contributed by atoms with Crippen molar-refractivity contribution < 1.29 is 0 Å². The fourth-order valence-electron chi connectivity index (χ4n) is 1.80. The first-order valence-electron chi connectivity index (χ1n) is 6.21. The number of halogens is 1. The van der Waals surface area contributed by atoms with Crippen molar-refractivity contribution in [1.29, 1.82) is 0 Å². The van der Waals surface area contributed by atoms with Crippen molar-refractivity contribution in [2.75, 3.05) is 26.7 Å². The van der Waals surface area contributed by atoms with Crippen molar-refractivity contribution in [1.82, 2.24) is 20.0 Å². The van der Waals surface area contributed by atoms with Gasteiger partial charge in [-0.3, -0.25) is 9.58 Å². The summed E-state index contributed by atoms with van der Waals surface area (Å²) in [4.78, 5) is 2.32. The van der Waals surface area contributed by atoms with Gasteiger partial charge in [-0.25, -0.2) is 0 Å². The molecule has 1 rings (SSSR count). The summed E-state index contributed by atoms with van der Waals surface area (Å²) < 4.78 is 3.22. The molecule has 1 aromatic heterocycles. The molecule has 4 nitrogen and oxygen atoms in total. The van der Waals surface area contributed by atoms with Crippen molar-refractivity contribution >= 4 is 15.9 Å². The summed E-state index contributed by atoms with van der Waals surface area (Å²) in [6.07, 6.45) is 0. The second kappa shape index (κ2) is 7.13. The zero-order chi connectivity index (χ0) is 12.8. The van der Waals surface area contributed by atoms with E-state index in [2.05, 4.69) is 56.8 Å². The van der Waals surface area contributed by atoms with Gasteiger partial charge < -0.3 is 5.32 Å². The molecule has 0 spiro atoms. The summed E-state index contributed by atoms with van der Waals surface area (Å²) in [5.74, 6) is 0. The van der Waals surface area contributed by atoms with Gasteiger partial charge in [0.15, 0.2) is 0 Å². The maximum Gasteiger partial charge on any atom is 0.0739 e. The number of rotatable bonds is 7. The van der Waals surface area contributed by atoms with Crippen molar-refractivity contribution in [3.05, 3.63) is 15.9 Å². The van der Waals surface area contributed by atoms with E-state index in [9.17, 15) is 0 Å². The van der Waals surface area contributed by atoms with Gasteiger partial charge in [-0.1, -0.05) is 6.92 Å². The predicted octanol–water partition coefficient (Wildman–Crippen LogP) is 2.02. The number of aromatic nitrogens is 2. The first-order chi connectivity index (χ1) is 8.10. The molecule has 0 aliphatic rings. The maximum atomic E-state index is 4.51. The number of likely N-dealkylation sites (N-methyl/N-ethyl adjacent to an activating group) is 2. The molecule has 0 unspecified atom stereocenters. The number of nitrogens with zero attached hydrogens (tertiary/aromatic N) is 3. The normalized spacial score (nSPS) is 11.4. The van der Waals surface area contributed by atoms with Crippen LogP contribution in [0.5, 0.6) is 0 Å². The van der Waals surface area contributed by atoms with Gasteiger partial charge in [-0.05, 0) is 43.4 Å². The standard InChI is InChI=1S/C12H23BrN4/c1-5-14-7-8-16(4)9-11-12(13)10(3)15-17(11)6-2/h14H,5-9H2,1-4H3. The second-order valence-corrected chi connectivity index (χ2v) is 5.05. The molecule has 1 aromatic rings. The van der Waals surface area contributed by atoms with Crippen LogP contribution >= 0.6 is 15.9 Å². The summed E-state index contributed by atoms with van der Waals surface area (Å²) in [6, 6.07) is 0. The van der Waals surface area contributed by atoms with E-state index >= 15 is 0 Å². The van der Waals surface area contributed by atoms with Crippen LogP contribution in [-0.4, -0.2) is 41.4 Å². The minimum absolute atomic E-state index is 0.919. The summed E-state index contributed by atoms with van der Waals surface area (Å²) >= 11 is 3.63. The average molecular weight is 303 g/mol.